The third-order valence-corrected chi connectivity index (χ3v) is 6.62. The lowest BCUT2D eigenvalue weighted by atomic mass is 9.98. The second-order valence-corrected chi connectivity index (χ2v) is 8.63. The molecule has 0 spiro atoms. The van der Waals surface area contributed by atoms with Gasteiger partial charge in [0.25, 0.3) is 5.91 Å². The average Bonchev–Trinajstić information content (AvgIpc) is 3.37. The number of aryl methyl sites for hydroxylation is 1. The van der Waals surface area contributed by atoms with Crippen LogP contribution in [0.1, 0.15) is 39.7 Å². The number of phenols is 1. The van der Waals surface area contributed by atoms with Crippen molar-refractivity contribution >= 4 is 44.9 Å². The second kappa shape index (κ2) is 7.61. The zero-order chi connectivity index (χ0) is 22.6. The van der Waals surface area contributed by atoms with E-state index in [0.29, 0.717) is 22.1 Å². The minimum absolute atomic E-state index is 0.0601. The molecule has 0 saturated carbocycles. The van der Waals surface area contributed by atoms with Crippen molar-refractivity contribution in [2.24, 2.45) is 0 Å². The fourth-order valence-corrected chi connectivity index (χ4v) is 4.78. The Morgan fingerprint density at radius 2 is 2.03 bits per heavy atom. The monoisotopic (exact) mass is 469 g/mol. The van der Waals surface area contributed by atoms with Gasteiger partial charge in [0, 0.05) is 5.02 Å². The topological polar surface area (TPSA) is 106 Å². The Hall–Kier alpha value is -3.43. The summed E-state index contributed by atoms with van der Waals surface area (Å²) in [6.45, 7) is 1.94. The second-order valence-electron chi connectivity index (χ2n) is 7.16. The van der Waals surface area contributed by atoms with E-state index in [1.807, 2.05) is 6.92 Å². The number of anilines is 1. The van der Waals surface area contributed by atoms with Gasteiger partial charge in [-0.1, -0.05) is 35.9 Å². The Labute approximate surface area is 190 Å². The van der Waals surface area contributed by atoms with Crippen LogP contribution in [-0.2, 0) is 6.42 Å². The van der Waals surface area contributed by atoms with E-state index in [1.165, 1.54) is 35.5 Å². The SMILES string of the molecule is CCc1nnc(N2C(=O)c3oc4ccc(Cl)cc4c(=O)c3C2c2ccc(O)c(OC)c2)s1. The van der Waals surface area contributed by atoms with E-state index in [1.54, 1.807) is 24.3 Å². The molecule has 8 nitrogen and oxygen atoms in total. The maximum atomic E-state index is 13.6. The summed E-state index contributed by atoms with van der Waals surface area (Å²) < 4.78 is 11.1. The number of rotatable bonds is 4. The number of ether oxygens (including phenoxy) is 1. The van der Waals surface area contributed by atoms with Gasteiger partial charge in [-0.15, -0.1) is 10.2 Å². The highest BCUT2D eigenvalue weighted by Crippen LogP contribution is 2.43. The highest BCUT2D eigenvalue weighted by molar-refractivity contribution is 7.15. The number of phenolic OH excluding ortho intramolecular Hbond substituents is 1. The predicted molar refractivity (Wildman–Crippen MR) is 120 cm³/mol. The average molecular weight is 470 g/mol. The van der Waals surface area contributed by atoms with Crippen LogP contribution in [0.25, 0.3) is 11.0 Å². The maximum Gasteiger partial charge on any atom is 0.297 e. The highest BCUT2D eigenvalue weighted by Gasteiger charge is 2.45. The Balaban J connectivity index is 1.81. The molecule has 1 unspecified atom stereocenters. The molecule has 1 aliphatic heterocycles. The first-order valence-electron chi connectivity index (χ1n) is 9.72. The Kier molecular flexibility index (Phi) is 4.87. The van der Waals surface area contributed by atoms with Gasteiger partial charge in [-0.2, -0.15) is 0 Å². The minimum Gasteiger partial charge on any atom is -0.504 e. The van der Waals surface area contributed by atoms with Crippen LogP contribution < -0.4 is 15.1 Å². The van der Waals surface area contributed by atoms with Crippen molar-refractivity contribution in [3.8, 4) is 11.5 Å². The van der Waals surface area contributed by atoms with Crippen LogP contribution in [0, 0.1) is 0 Å². The van der Waals surface area contributed by atoms with Gasteiger partial charge in [0.2, 0.25) is 10.9 Å². The van der Waals surface area contributed by atoms with E-state index in [-0.39, 0.29) is 39.2 Å². The summed E-state index contributed by atoms with van der Waals surface area (Å²) in [5.74, 6) is -0.406. The standard InChI is InChI=1S/C22H16ClN3O5S/c1-3-16-24-25-22(32-16)26-18(10-4-6-13(27)15(8-10)30-2)17-19(28)12-9-11(23)5-7-14(12)31-20(17)21(26)29/h4-9,18,27H,3H2,1-2H3. The van der Waals surface area contributed by atoms with Crippen molar-refractivity contribution < 1.29 is 19.1 Å². The van der Waals surface area contributed by atoms with Gasteiger partial charge in [0.1, 0.15) is 10.6 Å². The summed E-state index contributed by atoms with van der Waals surface area (Å²) in [4.78, 5) is 28.4. The molecule has 0 bridgehead atoms. The lowest BCUT2D eigenvalue weighted by Gasteiger charge is -2.22. The molecule has 0 saturated heterocycles. The van der Waals surface area contributed by atoms with Crippen molar-refractivity contribution in [3.63, 3.8) is 0 Å². The molecule has 2 aromatic heterocycles. The lowest BCUT2D eigenvalue weighted by Crippen LogP contribution is -2.29. The molecule has 0 radical (unpaired) electrons. The van der Waals surface area contributed by atoms with Crippen molar-refractivity contribution in [1.82, 2.24) is 10.2 Å². The number of halogens is 1. The first-order chi connectivity index (χ1) is 15.4. The van der Waals surface area contributed by atoms with Gasteiger partial charge < -0.3 is 14.3 Å². The molecule has 3 heterocycles. The number of hydrogen-bond acceptors (Lipinski definition) is 8. The number of amides is 1. The van der Waals surface area contributed by atoms with Crippen LogP contribution in [-0.4, -0.2) is 28.3 Å². The number of hydrogen-bond donors (Lipinski definition) is 1. The van der Waals surface area contributed by atoms with Gasteiger partial charge >= 0.3 is 0 Å². The van der Waals surface area contributed by atoms with Crippen molar-refractivity contribution in [3.05, 3.63) is 73.5 Å². The number of fused-ring (bicyclic) bond motifs is 2. The number of nitrogens with zero attached hydrogens (tertiary/aromatic N) is 3. The molecule has 5 rings (SSSR count). The number of benzene rings is 2. The maximum absolute atomic E-state index is 13.6. The van der Waals surface area contributed by atoms with Gasteiger partial charge in [-0.3, -0.25) is 14.5 Å². The molecule has 1 amide bonds. The molecule has 162 valence electrons. The third kappa shape index (κ3) is 3.04. The zero-order valence-electron chi connectivity index (χ0n) is 17.0. The van der Waals surface area contributed by atoms with Gasteiger partial charge in [0.15, 0.2) is 16.9 Å². The Morgan fingerprint density at radius 1 is 1.22 bits per heavy atom. The highest BCUT2D eigenvalue weighted by atomic mass is 35.5. The molecule has 1 N–H and O–H groups in total. The molecule has 0 fully saturated rings. The van der Waals surface area contributed by atoms with Crippen LogP contribution in [0.15, 0.2) is 45.6 Å². The van der Waals surface area contributed by atoms with Crippen LogP contribution in [0.3, 0.4) is 0 Å². The molecular weight excluding hydrogens is 454 g/mol. The summed E-state index contributed by atoms with van der Waals surface area (Å²) in [6.07, 6.45) is 0.657. The smallest absolute Gasteiger partial charge is 0.297 e. The van der Waals surface area contributed by atoms with Gasteiger partial charge in [-0.05, 0) is 42.3 Å². The van der Waals surface area contributed by atoms with E-state index in [9.17, 15) is 14.7 Å². The van der Waals surface area contributed by atoms with Crippen LogP contribution >= 0.6 is 22.9 Å². The number of carbonyl (C=O) groups is 1. The molecule has 1 atom stereocenters. The van der Waals surface area contributed by atoms with Gasteiger partial charge in [0.05, 0.1) is 24.1 Å². The lowest BCUT2D eigenvalue weighted by molar-refractivity contribution is 0.0970. The molecule has 4 aromatic rings. The van der Waals surface area contributed by atoms with Crippen LogP contribution in [0.4, 0.5) is 5.13 Å². The van der Waals surface area contributed by atoms with E-state index in [0.717, 1.165) is 5.01 Å². The molecule has 32 heavy (non-hydrogen) atoms. The van der Waals surface area contributed by atoms with Crippen LogP contribution in [0.5, 0.6) is 11.5 Å². The van der Waals surface area contributed by atoms with Crippen molar-refractivity contribution in [2.75, 3.05) is 12.0 Å². The molecule has 10 heteroatoms. The van der Waals surface area contributed by atoms with Crippen LogP contribution in [0.2, 0.25) is 5.02 Å². The minimum atomic E-state index is -0.843. The van der Waals surface area contributed by atoms with E-state index in [4.69, 9.17) is 20.8 Å². The Bertz CT molecular complexity index is 1450. The van der Waals surface area contributed by atoms with Crippen molar-refractivity contribution in [2.45, 2.75) is 19.4 Å². The molecule has 2 aromatic carbocycles. The quantitative estimate of drug-likeness (QED) is 0.474. The largest absolute Gasteiger partial charge is 0.504 e. The normalized spacial score (nSPS) is 15.4. The van der Waals surface area contributed by atoms with E-state index >= 15 is 0 Å². The number of aromatic nitrogens is 2. The fourth-order valence-electron chi connectivity index (χ4n) is 3.81. The number of methoxy groups -OCH3 is 1. The molecular formula is C22H16ClN3O5S. The first kappa shape index (κ1) is 20.5. The summed E-state index contributed by atoms with van der Waals surface area (Å²) in [5, 5.41) is 20.1. The number of aromatic hydroxyl groups is 1. The summed E-state index contributed by atoms with van der Waals surface area (Å²) in [7, 11) is 1.42. The number of carbonyl (C=O) groups excluding carboxylic acids is 1. The zero-order valence-corrected chi connectivity index (χ0v) is 18.5. The van der Waals surface area contributed by atoms with E-state index < -0.39 is 11.9 Å². The van der Waals surface area contributed by atoms with Crippen molar-refractivity contribution in [1.29, 1.82) is 0 Å². The molecule has 0 aliphatic carbocycles. The predicted octanol–water partition coefficient (Wildman–Crippen LogP) is 4.32. The molecule has 1 aliphatic rings. The Morgan fingerprint density at radius 3 is 2.75 bits per heavy atom. The summed E-state index contributed by atoms with van der Waals surface area (Å²) in [5.41, 5.74) is 0.623. The van der Waals surface area contributed by atoms with E-state index in [2.05, 4.69) is 10.2 Å². The summed E-state index contributed by atoms with van der Waals surface area (Å²) >= 11 is 7.37. The first-order valence-corrected chi connectivity index (χ1v) is 10.9. The van der Waals surface area contributed by atoms with Gasteiger partial charge in [-0.25, -0.2) is 0 Å². The third-order valence-electron chi connectivity index (χ3n) is 5.32. The summed E-state index contributed by atoms with van der Waals surface area (Å²) in [6, 6.07) is 8.49. The fraction of sp³-hybridized carbons (Fsp3) is 0.182.